The zero-order chi connectivity index (χ0) is 12.8. The zero-order valence-corrected chi connectivity index (χ0v) is 10.2. The van der Waals surface area contributed by atoms with Crippen LogP contribution in [0.4, 0.5) is 0 Å². The molecule has 0 fully saturated rings. The quantitative estimate of drug-likeness (QED) is 0.692. The monoisotopic (exact) mass is 251 g/mol. The molecular formula is C9H17NO5S. The second kappa shape index (κ2) is 6.47. The van der Waals surface area contributed by atoms with Gasteiger partial charge in [-0.2, -0.15) is 0 Å². The maximum atomic E-state index is 11.2. The van der Waals surface area contributed by atoms with Gasteiger partial charge >= 0.3 is 11.9 Å². The highest BCUT2D eigenvalue weighted by atomic mass is 32.2. The SMILES string of the molecule is CS(C)(=O)=NCCC(CCC(=O)O)C(=O)O. The van der Waals surface area contributed by atoms with Crippen molar-refractivity contribution in [2.45, 2.75) is 19.3 Å². The Morgan fingerprint density at radius 1 is 1.25 bits per heavy atom. The lowest BCUT2D eigenvalue weighted by Crippen LogP contribution is -2.16. The first kappa shape index (κ1) is 14.9. The number of nitrogens with zero attached hydrogens (tertiary/aromatic N) is 1. The van der Waals surface area contributed by atoms with Gasteiger partial charge in [0.2, 0.25) is 0 Å². The topological polar surface area (TPSA) is 104 Å². The zero-order valence-electron chi connectivity index (χ0n) is 9.38. The molecule has 0 aliphatic carbocycles. The third-order valence-electron chi connectivity index (χ3n) is 1.94. The number of carbonyl (C=O) groups is 2. The Morgan fingerprint density at radius 2 is 1.81 bits per heavy atom. The Morgan fingerprint density at radius 3 is 2.19 bits per heavy atom. The van der Waals surface area contributed by atoms with E-state index in [9.17, 15) is 13.8 Å². The van der Waals surface area contributed by atoms with Gasteiger partial charge in [-0.15, -0.1) is 0 Å². The van der Waals surface area contributed by atoms with Gasteiger partial charge in [-0.1, -0.05) is 0 Å². The molecule has 6 nitrogen and oxygen atoms in total. The lowest BCUT2D eigenvalue weighted by molar-refractivity contribution is -0.143. The van der Waals surface area contributed by atoms with E-state index in [-0.39, 0.29) is 25.8 Å². The van der Waals surface area contributed by atoms with Crippen LogP contribution in [-0.2, 0) is 19.3 Å². The molecule has 1 atom stereocenters. The van der Waals surface area contributed by atoms with Gasteiger partial charge in [0.15, 0.2) is 0 Å². The van der Waals surface area contributed by atoms with Crippen molar-refractivity contribution < 1.29 is 24.0 Å². The molecule has 16 heavy (non-hydrogen) atoms. The van der Waals surface area contributed by atoms with E-state index in [1.807, 2.05) is 0 Å². The molecule has 0 bridgehead atoms. The van der Waals surface area contributed by atoms with Crippen LogP contribution in [0, 0.1) is 5.92 Å². The van der Waals surface area contributed by atoms with Crippen molar-refractivity contribution in [3.8, 4) is 0 Å². The molecule has 0 aromatic heterocycles. The number of carboxylic acid groups (broad SMARTS) is 2. The van der Waals surface area contributed by atoms with Gasteiger partial charge < -0.3 is 10.2 Å². The summed E-state index contributed by atoms with van der Waals surface area (Å²) in [5.41, 5.74) is 0. The molecule has 0 aromatic rings. The molecule has 2 N–H and O–H groups in total. The summed E-state index contributed by atoms with van der Waals surface area (Å²) in [6.45, 7) is 0.183. The van der Waals surface area contributed by atoms with E-state index >= 15 is 0 Å². The first-order valence-electron chi connectivity index (χ1n) is 4.80. The third-order valence-corrected chi connectivity index (χ3v) is 2.74. The van der Waals surface area contributed by atoms with Crippen molar-refractivity contribution in [1.29, 1.82) is 0 Å². The van der Waals surface area contributed by atoms with E-state index in [1.165, 1.54) is 12.5 Å². The van der Waals surface area contributed by atoms with Crippen molar-refractivity contribution in [3.63, 3.8) is 0 Å². The highest BCUT2D eigenvalue weighted by Gasteiger charge is 2.18. The minimum atomic E-state index is -2.21. The number of rotatable bonds is 7. The van der Waals surface area contributed by atoms with Crippen molar-refractivity contribution in [2.75, 3.05) is 19.1 Å². The van der Waals surface area contributed by atoms with Crippen LogP contribution in [0.15, 0.2) is 4.36 Å². The van der Waals surface area contributed by atoms with Gasteiger partial charge in [-0.25, -0.2) is 4.36 Å². The number of aliphatic carboxylic acids is 2. The molecule has 1 unspecified atom stereocenters. The largest absolute Gasteiger partial charge is 0.481 e. The van der Waals surface area contributed by atoms with Crippen molar-refractivity contribution in [1.82, 2.24) is 0 Å². The summed E-state index contributed by atoms with van der Waals surface area (Å²) in [6, 6.07) is 0. The lowest BCUT2D eigenvalue weighted by atomic mass is 10.00. The molecule has 0 rings (SSSR count). The molecule has 0 aromatic carbocycles. The van der Waals surface area contributed by atoms with Crippen LogP contribution in [0.3, 0.4) is 0 Å². The summed E-state index contributed by atoms with van der Waals surface area (Å²) in [5, 5.41) is 17.2. The fourth-order valence-corrected chi connectivity index (χ4v) is 1.66. The first-order valence-corrected chi connectivity index (χ1v) is 7.13. The number of hydrogen-bond donors (Lipinski definition) is 2. The predicted molar refractivity (Wildman–Crippen MR) is 59.9 cm³/mol. The van der Waals surface area contributed by atoms with Gasteiger partial charge in [-0.3, -0.25) is 13.8 Å². The van der Waals surface area contributed by atoms with Crippen molar-refractivity contribution in [2.24, 2.45) is 10.3 Å². The van der Waals surface area contributed by atoms with E-state index in [1.54, 1.807) is 0 Å². The molecule has 0 heterocycles. The van der Waals surface area contributed by atoms with Gasteiger partial charge in [-0.05, 0) is 12.8 Å². The summed E-state index contributed by atoms with van der Waals surface area (Å²) in [6.07, 6.45) is 3.07. The van der Waals surface area contributed by atoms with Crippen LogP contribution in [0.5, 0.6) is 0 Å². The molecule has 0 amide bonds. The molecule has 0 saturated heterocycles. The molecule has 94 valence electrons. The van der Waals surface area contributed by atoms with E-state index < -0.39 is 27.6 Å². The standard InChI is InChI=1S/C9H17NO5S/c1-16(2,15)10-6-5-7(9(13)14)3-4-8(11)12/h7H,3-6H2,1-2H3,(H,11,12)(H,13,14). The van der Waals surface area contributed by atoms with Crippen LogP contribution < -0.4 is 0 Å². The fourth-order valence-electron chi connectivity index (χ4n) is 1.12. The van der Waals surface area contributed by atoms with Crippen LogP contribution in [0.2, 0.25) is 0 Å². The molecule has 7 heteroatoms. The van der Waals surface area contributed by atoms with E-state index in [2.05, 4.69) is 4.36 Å². The summed E-state index contributed by atoms with van der Waals surface area (Å²) in [4.78, 5) is 21.1. The Labute approximate surface area is 94.8 Å². The van der Waals surface area contributed by atoms with Crippen LogP contribution in [0.25, 0.3) is 0 Å². The third kappa shape index (κ3) is 8.22. The summed E-state index contributed by atoms with van der Waals surface area (Å²) < 4.78 is 15.0. The Kier molecular flexibility index (Phi) is 6.02. The molecule has 0 aliphatic heterocycles. The number of hydrogen-bond acceptors (Lipinski definition) is 4. The van der Waals surface area contributed by atoms with E-state index in [0.29, 0.717) is 0 Å². The average molecular weight is 251 g/mol. The minimum Gasteiger partial charge on any atom is -0.481 e. The fraction of sp³-hybridized carbons (Fsp3) is 0.778. The maximum Gasteiger partial charge on any atom is 0.306 e. The second-order valence-corrected chi connectivity index (χ2v) is 6.41. The Bertz CT molecular complexity index is 362. The average Bonchev–Trinajstić information content (AvgIpc) is 2.07. The molecule has 0 spiro atoms. The predicted octanol–water partition coefficient (Wildman–Crippen LogP) is 0.670. The Hall–Kier alpha value is -1.11. The van der Waals surface area contributed by atoms with E-state index in [0.717, 1.165) is 0 Å². The van der Waals surface area contributed by atoms with Crippen molar-refractivity contribution >= 4 is 21.7 Å². The van der Waals surface area contributed by atoms with Gasteiger partial charge in [0.05, 0.1) is 5.92 Å². The highest BCUT2D eigenvalue weighted by molar-refractivity contribution is 7.92. The molecular weight excluding hydrogens is 234 g/mol. The van der Waals surface area contributed by atoms with Crippen molar-refractivity contribution in [3.05, 3.63) is 0 Å². The van der Waals surface area contributed by atoms with Gasteiger partial charge in [0.25, 0.3) is 0 Å². The molecule has 0 saturated carbocycles. The summed E-state index contributed by atoms with van der Waals surface area (Å²) in [5.74, 6) is -2.78. The summed E-state index contributed by atoms with van der Waals surface area (Å²) in [7, 11) is -2.21. The lowest BCUT2D eigenvalue weighted by Gasteiger charge is -2.09. The smallest absolute Gasteiger partial charge is 0.306 e. The van der Waals surface area contributed by atoms with Gasteiger partial charge in [0, 0.05) is 35.2 Å². The first-order chi connectivity index (χ1) is 7.22. The van der Waals surface area contributed by atoms with Gasteiger partial charge in [0.1, 0.15) is 0 Å². The van der Waals surface area contributed by atoms with Crippen LogP contribution >= 0.6 is 0 Å². The summed E-state index contributed by atoms with van der Waals surface area (Å²) >= 11 is 0. The van der Waals surface area contributed by atoms with Crippen LogP contribution in [-0.4, -0.2) is 45.4 Å². The normalized spacial score (nSPS) is 13.1. The van der Waals surface area contributed by atoms with E-state index in [4.69, 9.17) is 10.2 Å². The molecule has 0 radical (unpaired) electrons. The molecule has 0 aliphatic rings. The van der Waals surface area contributed by atoms with Crippen LogP contribution in [0.1, 0.15) is 19.3 Å². The highest BCUT2D eigenvalue weighted by Crippen LogP contribution is 2.12. The number of carboxylic acids is 2. The minimum absolute atomic E-state index is 0.0782. The Balaban J connectivity index is 4.20. The maximum absolute atomic E-state index is 11.2. The second-order valence-electron chi connectivity index (χ2n) is 3.79.